The molecule has 5 heteroatoms. The first-order chi connectivity index (χ1) is 9.28. The van der Waals surface area contributed by atoms with Gasteiger partial charge in [-0.05, 0) is 38.3 Å². The number of aromatic nitrogens is 3. The molecule has 2 heterocycles. The van der Waals surface area contributed by atoms with Gasteiger partial charge in [0.1, 0.15) is 11.5 Å². The Hall–Kier alpha value is -1.68. The number of anilines is 1. The third-order valence-electron chi connectivity index (χ3n) is 3.23. The van der Waals surface area contributed by atoms with Gasteiger partial charge in [-0.1, -0.05) is 11.6 Å². The first-order valence-electron chi connectivity index (χ1n) is 6.53. The van der Waals surface area contributed by atoms with Crippen LogP contribution in [0.4, 0.5) is 5.82 Å². The molecular formula is C14H15ClN4. The van der Waals surface area contributed by atoms with Crippen LogP contribution in [-0.4, -0.2) is 21.5 Å². The van der Waals surface area contributed by atoms with Crippen LogP contribution in [-0.2, 0) is 12.8 Å². The smallest absolute Gasteiger partial charge is 0.180 e. The van der Waals surface area contributed by atoms with Gasteiger partial charge in [0, 0.05) is 29.0 Å². The number of rotatable bonds is 3. The maximum atomic E-state index is 6.00. The summed E-state index contributed by atoms with van der Waals surface area (Å²) >= 11 is 6.00. The van der Waals surface area contributed by atoms with E-state index in [1.165, 1.54) is 5.56 Å². The third-order valence-corrected chi connectivity index (χ3v) is 3.46. The van der Waals surface area contributed by atoms with Gasteiger partial charge in [0.05, 0.1) is 0 Å². The van der Waals surface area contributed by atoms with E-state index in [9.17, 15) is 0 Å². The summed E-state index contributed by atoms with van der Waals surface area (Å²) < 4.78 is 0. The van der Waals surface area contributed by atoms with Gasteiger partial charge in [-0.3, -0.25) is 4.98 Å². The van der Waals surface area contributed by atoms with Crippen molar-refractivity contribution in [2.75, 3.05) is 11.9 Å². The molecule has 0 fully saturated rings. The molecule has 0 aliphatic heterocycles. The minimum atomic E-state index is 0.652. The van der Waals surface area contributed by atoms with Crippen LogP contribution in [0.15, 0.2) is 18.3 Å². The molecule has 0 saturated carbocycles. The molecule has 2 aromatic heterocycles. The monoisotopic (exact) mass is 274 g/mol. The van der Waals surface area contributed by atoms with E-state index in [1.54, 1.807) is 18.3 Å². The number of nitrogens with one attached hydrogen (secondary N) is 1. The quantitative estimate of drug-likeness (QED) is 0.934. The highest BCUT2D eigenvalue weighted by Gasteiger charge is 2.19. The van der Waals surface area contributed by atoms with E-state index in [2.05, 4.69) is 27.2 Å². The summed E-state index contributed by atoms with van der Waals surface area (Å²) in [6, 6.07) is 3.55. The van der Waals surface area contributed by atoms with Crippen molar-refractivity contribution in [3.05, 3.63) is 34.6 Å². The maximum Gasteiger partial charge on any atom is 0.180 e. The lowest BCUT2D eigenvalue weighted by molar-refractivity contribution is 0.899. The lowest BCUT2D eigenvalue weighted by atomic mass is 10.2. The van der Waals surface area contributed by atoms with Crippen LogP contribution in [0.1, 0.15) is 24.6 Å². The predicted molar refractivity (Wildman–Crippen MR) is 76.5 cm³/mol. The molecule has 0 bridgehead atoms. The average molecular weight is 275 g/mol. The topological polar surface area (TPSA) is 50.7 Å². The summed E-state index contributed by atoms with van der Waals surface area (Å²) in [5, 5.41) is 3.97. The molecule has 0 spiro atoms. The summed E-state index contributed by atoms with van der Waals surface area (Å²) in [6.07, 6.45) is 4.90. The van der Waals surface area contributed by atoms with Crippen LogP contribution >= 0.6 is 11.6 Å². The van der Waals surface area contributed by atoms with Crippen molar-refractivity contribution in [3.63, 3.8) is 0 Å². The van der Waals surface area contributed by atoms with E-state index < -0.39 is 0 Å². The highest BCUT2D eigenvalue weighted by atomic mass is 35.5. The van der Waals surface area contributed by atoms with E-state index in [0.717, 1.165) is 43.0 Å². The lowest BCUT2D eigenvalue weighted by Crippen LogP contribution is -2.07. The Bertz CT molecular complexity index is 612. The Kier molecular flexibility index (Phi) is 3.34. The Morgan fingerprint density at radius 3 is 3.00 bits per heavy atom. The SMILES string of the molecule is CCNc1nc(-c2cc(Cl)ccn2)nc2c1CCC2. The van der Waals surface area contributed by atoms with Crippen LogP contribution in [0.5, 0.6) is 0 Å². The Morgan fingerprint density at radius 2 is 2.21 bits per heavy atom. The van der Waals surface area contributed by atoms with Crippen LogP contribution in [0.25, 0.3) is 11.5 Å². The molecule has 0 saturated heterocycles. The molecule has 1 aliphatic rings. The summed E-state index contributed by atoms with van der Waals surface area (Å²) in [4.78, 5) is 13.5. The molecule has 0 unspecified atom stereocenters. The fourth-order valence-electron chi connectivity index (χ4n) is 2.39. The second-order valence-corrected chi connectivity index (χ2v) is 5.00. The molecular weight excluding hydrogens is 260 g/mol. The Labute approximate surface area is 117 Å². The molecule has 2 aromatic rings. The number of halogens is 1. The van der Waals surface area contributed by atoms with Crippen molar-refractivity contribution in [3.8, 4) is 11.5 Å². The largest absolute Gasteiger partial charge is 0.370 e. The average Bonchev–Trinajstić information content (AvgIpc) is 2.87. The number of aryl methyl sites for hydroxylation is 1. The van der Waals surface area contributed by atoms with Crippen LogP contribution in [0, 0.1) is 0 Å². The zero-order chi connectivity index (χ0) is 13.2. The van der Waals surface area contributed by atoms with Crippen molar-refractivity contribution < 1.29 is 0 Å². The van der Waals surface area contributed by atoms with Gasteiger partial charge in [0.25, 0.3) is 0 Å². The fraction of sp³-hybridized carbons (Fsp3) is 0.357. The van der Waals surface area contributed by atoms with E-state index in [1.807, 2.05) is 0 Å². The van der Waals surface area contributed by atoms with E-state index in [4.69, 9.17) is 11.6 Å². The Morgan fingerprint density at radius 1 is 1.32 bits per heavy atom. The van der Waals surface area contributed by atoms with Gasteiger partial charge >= 0.3 is 0 Å². The molecule has 0 aromatic carbocycles. The van der Waals surface area contributed by atoms with Crippen molar-refractivity contribution in [1.29, 1.82) is 0 Å². The van der Waals surface area contributed by atoms with E-state index in [0.29, 0.717) is 10.8 Å². The van der Waals surface area contributed by atoms with Gasteiger partial charge in [0.2, 0.25) is 0 Å². The second-order valence-electron chi connectivity index (χ2n) is 4.56. The molecule has 3 rings (SSSR count). The molecule has 0 atom stereocenters. The van der Waals surface area contributed by atoms with Gasteiger partial charge < -0.3 is 5.32 Å². The van der Waals surface area contributed by atoms with Crippen molar-refractivity contribution in [2.24, 2.45) is 0 Å². The second kappa shape index (κ2) is 5.13. The van der Waals surface area contributed by atoms with Crippen LogP contribution < -0.4 is 5.32 Å². The molecule has 19 heavy (non-hydrogen) atoms. The van der Waals surface area contributed by atoms with E-state index >= 15 is 0 Å². The number of hydrogen-bond acceptors (Lipinski definition) is 4. The molecule has 0 radical (unpaired) electrons. The zero-order valence-corrected chi connectivity index (χ0v) is 11.5. The molecule has 98 valence electrons. The number of fused-ring (bicyclic) bond motifs is 1. The van der Waals surface area contributed by atoms with Crippen LogP contribution in [0.2, 0.25) is 5.02 Å². The zero-order valence-electron chi connectivity index (χ0n) is 10.8. The van der Waals surface area contributed by atoms with Gasteiger partial charge in [0.15, 0.2) is 5.82 Å². The maximum absolute atomic E-state index is 6.00. The first-order valence-corrected chi connectivity index (χ1v) is 6.91. The van der Waals surface area contributed by atoms with Crippen molar-refractivity contribution in [1.82, 2.24) is 15.0 Å². The number of hydrogen-bond donors (Lipinski definition) is 1. The van der Waals surface area contributed by atoms with Crippen molar-refractivity contribution >= 4 is 17.4 Å². The van der Waals surface area contributed by atoms with Gasteiger partial charge in [-0.2, -0.15) is 0 Å². The summed E-state index contributed by atoms with van der Waals surface area (Å²) in [6.45, 7) is 2.92. The van der Waals surface area contributed by atoms with E-state index in [-0.39, 0.29) is 0 Å². The van der Waals surface area contributed by atoms with Gasteiger partial charge in [-0.25, -0.2) is 9.97 Å². The normalized spacial score (nSPS) is 13.4. The third kappa shape index (κ3) is 2.40. The highest BCUT2D eigenvalue weighted by Crippen LogP contribution is 2.29. The molecule has 1 aliphatic carbocycles. The first kappa shape index (κ1) is 12.4. The minimum absolute atomic E-state index is 0.652. The number of nitrogens with zero attached hydrogens (tertiary/aromatic N) is 3. The summed E-state index contributed by atoms with van der Waals surface area (Å²) in [7, 11) is 0. The number of pyridine rings is 1. The van der Waals surface area contributed by atoms with Gasteiger partial charge in [-0.15, -0.1) is 0 Å². The molecule has 4 nitrogen and oxygen atoms in total. The standard InChI is InChI=1S/C14H15ClN4/c1-2-16-13-10-4-3-5-11(10)18-14(19-13)12-8-9(15)6-7-17-12/h6-8H,2-5H2,1H3,(H,16,18,19). The van der Waals surface area contributed by atoms with Crippen LogP contribution in [0.3, 0.4) is 0 Å². The summed E-state index contributed by atoms with van der Waals surface area (Å²) in [5.41, 5.74) is 3.12. The predicted octanol–water partition coefficient (Wildman–Crippen LogP) is 3.11. The minimum Gasteiger partial charge on any atom is -0.370 e. The fourth-order valence-corrected chi connectivity index (χ4v) is 2.55. The molecule has 1 N–H and O–H groups in total. The molecule has 0 amide bonds. The Balaban J connectivity index is 2.10. The lowest BCUT2D eigenvalue weighted by Gasteiger charge is -2.10. The highest BCUT2D eigenvalue weighted by molar-refractivity contribution is 6.30. The summed E-state index contributed by atoms with van der Waals surface area (Å²) in [5.74, 6) is 1.60. The van der Waals surface area contributed by atoms with Crippen molar-refractivity contribution in [2.45, 2.75) is 26.2 Å².